The number of morpholine rings is 1. The Hall–Kier alpha value is -1.96. The van der Waals surface area contributed by atoms with Crippen LogP contribution in [0.1, 0.15) is 16.8 Å². The molecule has 1 aromatic heterocycles. The van der Waals surface area contributed by atoms with Crippen molar-refractivity contribution in [2.45, 2.75) is 26.9 Å². The van der Waals surface area contributed by atoms with E-state index in [1.165, 1.54) is 4.88 Å². The Morgan fingerprint density at radius 2 is 2.00 bits per heavy atom. The lowest BCUT2D eigenvalue weighted by molar-refractivity contribution is -0.125. The third-order valence-electron chi connectivity index (χ3n) is 5.09. The molecule has 2 aliphatic heterocycles. The van der Waals surface area contributed by atoms with Crippen LogP contribution in [-0.2, 0) is 9.53 Å². The first-order valence-corrected chi connectivity index (χ1v) is 10.2. The molecular weight excluding hydrogens is 362 g/mol. The summed E-state index contributed by atoms with van der Waals surface area (Å²) in [7, 11) is 0. The van der Waals surface area contributed by atoms with Crippen LogP contribution in [0.15, 0.2) is 18.2 Å². The summed E-state index contributed by atoms with van der Waals surface area (Å²) in [5.41, 5.74) is 2.85. The molecule has 0 bridgehead atoms. The molecule has 0 aliphatic carbocycles. The van der Waals surface area contributed by atoms with Gasteiger partial charge in [0.05, 0.1) is 29.6 Å². The van der Waals surface area contributed by atoms with Crippen molar-refractivity contribution in [3.63, 3.8) is 0 Å². The first-order chi connectivity index (χ1) is 13.0. The number of benzene rings is 1. The summed E-state index contributed by atoms with van der Waals surface area (Å²) in [6.07, 6.45) is -0.462. The van der Waals surface area contributed by atoms with Crippen molar-refractivity contribution >= 4 is 22.9 Å². The minimum Gasteiger partial charge on any atom is -0.479 e. The lowest BCUT2D eigenvalue weighted by atomic mass is 10.1. The molecule has 1 unspecified atom stereocenters. The fourth-order valence-corrected chi connectivity index (χ4v) is 4.49. The van der Waals surface area contributed by atoms with Crippen molar-refractivity contribution in [2.75, 3.05) is 44.3 Å². The van der Waals surface area contributed by atoms with Gasteiger partial charge in [0, 0.05) is 36.6 Å². The summed E-state index contributed by atoms with van der Waals surface area (Å²) >= 11 is 1.69. The number of aryl methyl sites for hydroxylation is 2. The number of hydrogen-bond donors (Lipinski definition) is 0. The van der Waals surface area contributed by atoms with E-state index in [9.17, 15) is 4.79 Å². The molecule has 1 saturated heterocycles. The van der Waals surface area contributed by atoms with Crippen molar-refractivity contribution in [1.82, 2.24) is 9.88 Å². The maximum Gasteiger partial charge on any atom is 0.267 e. The number of hydrogen-bond acceptors (Lipinski definition) is 6. The van der Waals surface area contributed by atoms with Gasteiger partial charge < -0.3 is 14.4 Å². The summed E-state index contributed by atoms with van der Waals surface area (Å²) in [4.78, 5) is 22.9. The fourth-order valence-electron chi connectivity index (χ4n) is 3.65. The summed E-state index contributed by atoms with van der Waals surface area (Å²) in [6.45, 7) is 10.7. The summed E-state index contributed by atoms with van der Waals surface area (Å²) in [5.74, 6) is 0.775. The predicted molar refractivity (Wildman–Crippen MR) is 107 cm³/mol. The van der Waals surface area contributed by atoms with Crippen LogP contribution < -0.4 is 9.64 Å². The number of carbonyl (C=O) groups is 1. The largest absolute Gasteiger partial charge is 0.479 e. The molecule has 3 heterocycles. The van der Waals surface area contributed by atoms with Gasteiger partial charge in [-0.2, -0.15) is 0 Å². The Bertz CT molecular complexity index is 845. The molecule has 1 aromatic carbocycles. The molecular formula is C20H25N3O3S. The number of fused-ring (bicyclic) bond motifs is 1. The molecule has 0 N–H and O–H groups in total. The smallest absolute Gasteiger partial charge is 0.267 e. The number of aromatic nitrogens is 1. The molecule has 2 aromatic rings. The van der Waals surface area contributed by atoms with Crippen molar-refractivity contribution in [3.8, 4) is 17.0 Å². The van der Waals surface area contributed by atoms with Crippen LogP contribution in [0.4, 0.5) is 5.69 Å². The summed E-state index contributed by atoms with van der Waals surface area (Å²) < 4.78 is 11.3. The molecule has 1 fully saturated rings. The standard InChI is InChI=1S/C20H25N3O3S/c1-13-20(24)23(7-6-22-8-10-25-11-9-22)17-12-16(4-5-18(17)26-13)19-14(2)27-15(3)21-19/h4-5,12-13H,6-11H2,1-3H3. The SMILES string of the molecule is Cc1nc(-c2ccc3c(c2)N(CCN2CCOCC2)C(=O)C(C)O3)c(C)s1. The first kappa shape index (κ1) is 18.4. The number of carbonyl (C=O) groups excluding carboxylic acids is 1. The third-order valence-corrected chi connectivity index (χ3v) is 5.97. The average molecular weight is 388 g/mol. The zero-order valence-electron chi connectivity index (χ0n) is 16.0. The van der Waals surface area contributed by atoms with Crippen molar-refractivity contribution in [1.29, 1.82) is 0 Å². The molecule has 0 saturated carbocycles. The highest BCUT2D eigenvalue weighted by Gasteiger charge is 2.32. The van der Waals surface area contributed by atoms with Crippen LogP contribution >= 0.6 is 11.3 Å². The van der Waals surface area contributed by atoms with Crippen LogP contribution in [0.3, 0.4) is 0 Å². The molecule has 27 heavy (non-hydrogen) atoms. The Balaban J connectivity index is 1.63. The second-order valence-electron chi connectivity index (χ2n) is 7.02. The van der Waals surface area contributed by atoms with E-state index in [-0.39, 0.29) is 5.91 Å². The number of thiazole rings is 1. The van der Waals surface area contributed by atoms with E-state index < -0.39 is 6.10 Å². The van der Waals surface area contributed by atoms with Gasteiger partial charge in [0.15, 0.2) is 6.10 Å². The van der Waals surface area contributed by atoms with Crippen LogP contribution in [0.2, 0.25) is 0 Å². The zero-order chi connectivity index (χ0) is 19.0. The van der Waals surface area contributed by atoms with Gasteiger partial charge in [-0.3, -0.25) is 9.69 Å². The molecule has 0 radical (unpaired) electrons. The van der Waals surface area contributed by atoms with E-state index in [0.29, 0.717) is 6.54 Å². The van der Waals surface area contributed by atoms with Gasteiger partial charge in [-0.1, -0.05) is 0 Å². The second kappa shape index (κ2) is 7.58. The first-order valence-electron chi connectivity index (χ1n) is 9.39. The molecule has 2 aliphatic rings. The van der Waals surface area contributed by atoms with E-state index >= 15 is 0 Å². The van der Waals surface area contributed by atoms with E-state index in [1.54, 1.807) is 11.3 Å². The highest BCUT2D eigenvalue weighted by Crippen LogP contribution is 2.38. The summed E-state index contributed by atoms with van der Waals surface area (Å²) in [5, 5.41) is 1.05. The van der Waals surface area contributed by atoms with Gasteiger partial charge in [-0.15, -0.1) is 11.3 Å². The van der Waals surface area contributed by atoms with Crippen LogP contribution in [0.25, 0.3) is 11.3 Å². The topological polar surface area (TPSA) is 54.9 Å². The minimum atomic E-state index is -0.462. The van der Waals surface area contributed by atoms with E-state index in [1.807, 2.05) is 36.9 Å². The highest BCUT2D eigenvalue weighted by atomic mass is 32.1. The zero-order valence-corrected chi connectivity index (χ0v) is 16.8. The molecule has 6 nitrogen and oxygen atoms in total. The predicted octanol–water partition coefficient (Wildman–Crippen LogP) is 2.87. The summed E-state index contributed by atoms with van der Waals surface area (Å²) in [6, 6.07) is 6.03. The Morgan fingerprint density at radius 1 is 1.22 bits per heavy atom. The Morgan fingerprint density at radius 3 is 2.70 bits per heavy atom. The monoisotopic (exact) mass is 387 g/mol. The van der Waals surface area contributed by atoms with Crippen molar-refractivity contribution in [3.05, 3.63) is 28.1 Å². The quantitative estimate of drug-likeness (QED) is 0.807. The van der Waals surface area contributed by atoms with Gasteiger partial charge in [0.1, 0.15) is 5.75 Å². The maximum atomic E-state index is 12.8. The van der Waals surface area contributed by atoms with Crippen molar-refractivity contribution < 1.29 is 14.3 Å². The van der Waals surface area contributed by atoms with Gasteiger partial charge in [-0.25, -0.2) is 4.98 Å². The lowest BCUT2D eigenvalue weighted by Crippen LogP contribution is -2.48. The van der Waals surface area contributed by atoms with E-state index in [2.05, 4.69) is 16.8 Å². The van der Waals surface area contributed by atoms with E-state index in [0.717, 1.165) is 60.5 Å². The van der Waals surface area contributed by atoms with Crippen LogP contribution in [-0.4, -0.2) is 61.3 Å². The number of nitrogens with zero attached hydrogens (tertiary/aromatic N) is 3. The van der Waals surface area contributed by atoms with Crippen LogP contribution in [0.5, 0.6) is 5.75 Å². The number of rotatable bonds is 4. The molecule has 1 atom stereocenters. The minimum absolute atomic E-state index is 0.0130. The second-order valence-corrected chi connectivity index (χ2v) is 8.43. The highest BCUT2D eigenvalue weighted by molar-refractivity contribution is 7.11. The van der Waals surface area contributed by atoms with Gasteiger partial charge in [-0.05, 0) is 39.0 Å². The average Bonchev–Trinajstić information content (AvgIpc) is 3.01. The lowest BCUT2D eigenvalue weighted by Gasteiger charge is -2.35. The van der Waals surface area contributed by atoms with Crippen LogP contribution in [0, 0.1) is 13.8 Å². The normalized spacial score (nSPS) is 20.5. The van der Waals surface area contributed by atoms with E-state index in [4.69, 9.17) is 9.47 Å². The molecule has 7 heteroatoms. The molecule has 0 spiro atoms. The van der Waals surface area contributed by atoms with Crippen molar-refractivity contribution in [2.24, 2.45) is 0 Å². The molecule has 1 amide bonds. The number of anilines is 1. The number of ether oxygens (including phenoxy) is 2. The maximum absolute atomic E-state index is 12.8. The van der Waals surface area contributed by atoms with Gasteiger partial charge >= 0.3 is 0 Å². The fraction of sp³-hybridized carbons (Fsp3) is 0.500. The number of amides is 1. The van der Waals surface area contributed by atoms with Gasteiger partial charge in [0.2, 0.25) is 0 Å². The third kappa shape index (κ3) is 3.72. The molecule has 4 rings (SSSR count). The Labute approximate surface area is 163 Å². The molecule has 144 valence electrons. The van der Waals surface area contributed by atoms with Gasteiger partial charge in [0.25, 0.3) is 5.91 Å². The Kier molecular flexibility index (Phi) is 5.16.